The van der Waals surface area contributed by atoms with Crippen LogP contribution in [0.25, 0.3) is 10.8 Å². The van der Waals surface area contributed by atoms with Gasteiger partial charge in [0.15, 0.2) is 0 Å². The fourth-order valence-electron chi connectivity index (χ4n) is 2.68. The van der Waals surface area contributed by atoms with E-state index in [1.54, 1.807) is 13.1 Å². The Hall–Kier alpha value is -3.14. The van der Waals surface area contributed by atoms with Crippen LogP contribution in [0.1, 0.15) is 15.9 Å². The summed E-state index contributed by atoms with van der Waals surface area (Å²) in [6.45, 7) is 0.482. The first kappa shape index (κ1) is 16.7. The summed E-state index contributed by atoms with van der Waals surface area (Å²) >= 11 is 0. The molecule has 0 aliphatic heterocycles. The maximum atomic E-state index is 12.5. The predicted molar refractivity (Wildman–Crippen MR) is 99.2 cm³/mol. The zero-order chi connectivity index (χ0) is 17.6. The van der Waals surface area contributed by atoms with E-state index in [0.717, 1.165) is 16.3 Å². The highest BCUT2D eigenvalue weighted by atomic mass is 16.2. The summed E-state index contributed by atoms with van der Waals surface area (Å²) < 4.78 is 0. The lowest BCUT2D eigenvalue weighted by Crippen LogP contribution is -2.38. The second kappa shape index (κ2) is 7.62. The lowest BCUT2D eigenvalue weighted by Gasteiger charge is -2.17. The van der Waals surface area contributed by atoms with E-state index >= 15 is 0 Å². The van der Waals surface area contributed by atoms with Gasteiger partial charge in [-0.25, -0.2) is 0 Å². The highest BCUT2D eigenvalue weighted by Crippen LogP contribution is 2.16. The largest absolute Gasteiger partial charge is 0.350 e. The van der Waals surface area contributed by atoms with Crippen LogP contribution < -0.4 is 5.32 Å². The third kappa shape index (κ3) is 4.23. The van der Waals surface area contributed by atoms with Gasteiger partial charge in [-0.1, -0.05) is 60.7 Å². The Morgan fingerprint density at radius 2 is 1.56 bits per heavy atom. The minimum absolute atomic E-state index is 0.0263. The summed E-state index contributed by atoms with van der Waals surface area (Å²) in [6.07, 6.45) is 0. The number of carbonyl (C=O) groups is 2. The summed E-state index contributed by atoms with van der Waals surface area (Å²) in [6, 6.07) is 23.1. The number of hydrogen-bond acceptors (Lipinski definition) is 2. The molecule has 0 aromatic heterocycles. The van der Waals surface area contributed by atoms with E-state index in [-0.39, 0.29) is 18.4 Å². The summed E-state index contributed by atoms with van der Waals surface area (Å²) in [7, 11) is 1.64. The van der Waals surface area contributed by atoms with E-state index in [9.17, 15) is 9.59 Å². The number of hydrogen-bond donors (Lipinski definition) is 1. The zero-order valence-electron chi connectivity index (χ0n) is 14.1. The molecule has 0 fully saturated rings. The highest BCUT2D eigenvalue weighted by molar-refractivity contribution is 5.99. The molecule has 0 aliphatic carbocycles. The predicted octanol–water partition coefficient (Wildman–Crippen LogP) is 3.23. The molecule has 2 amide bonds. The van der Waals surface area contributed by atoms with Crippen LogP contribution in [0.2, 0.25) is 0 Å². The molecule has 0 radical (unpaired) electrons. The van der Waals surface area contributed by atoms with Gasteiger partial charge in [-0.3, -0.25) is 9.59 Å². The quantitative estimate of drug-likeness (QED) is 0.780. The van der Waals surface area contributed by atoms with Crippen molar-refractivity contribution in [1.29, 1.82) is 0 Å². The number of amides is 2. The molecule has 1 N–H and O–H groups in total. The van der Waals surface area contributed by atoms with E-state index in [0.29, 0.717) is 12.1 Å². The van der Waals surface area contributed by atoms with Gasteiger partial charge in [-0.2, -0.15) is 0 Å². The van der Waals surface area contributed by atoms with Crippen molar-refractivity contribution in [3.8, 4) is 0 Å². The minimum atomic E-state index is -0.180. The van der Waals surface area contributed by atoms with Crippen molar-refractivity contribution in [3.05, 3.63) is 83.9 Å². The van der Waals surface area contributed by atoms with Crippen molar-refractivity contribution in [2.75, 3.05) is 13.6 Å². The van der Waals surface area contributed by atoms with Crippen LogP contribution >= 0.6 is 0 Å². The number of likely N-dealkylation sites (N-methyl/N-ethyl adjacent to an activating group) is 1. The second-order valence-corrected chi connectivity index (χ2v) is 5.99. The average Bonchev–Trinajstić information content (AvgIpc) is 2.66. The van der Waals surface area contributed by atoms with Gasteiger partial charge in [0.1, 0.15) is 0 Å². The van der Waals surface area contributed by atoms with E-state index in [1.807, 2.05) is 66.7 Å². The van der Waals surface area contributed by atoms with Crippen molar-refractivity contribution in [2.24, 2.45) is 0 Å². The molecule has 0 bridgehead atoms. The Morgan fingerprint density at radius 1 is 0.880 bits per heavy atom. The van der Waals surface area contributed by atoms with Gasteiger partial charge < -0.3 is 10.2 Å². The highest BCUT2D eigenvalue weighted by Gasteiger charge is 2.15. The molecule has 126 valence electrons. The molecular weight excluding hydrogens is 312 g/mol. The monoisotopic (exact) mass is 332 g/mol. The van der Waals surface area contributed by atoms with E-state index in [4.69, 9.17) is 0 Å². The first-order valence-electron chi connectivity index (χ1n) is 8.18. The number of fused-ring (bicyclic) bond motifs is 1. The first-order chi connectivity index (χ1) is 12.1. The van der Waals surface area contributed by atoms with Crippen LogP contribution in [-0.2, 0) is 11.3 Å². The molecule has 0 atom stereocenters. The smallest absolute Gasteiger partial charge is 0.254 e. The lowest BCUT2D eigenvalue weighted by atomic mass is 10.1. The Labute approximate surface area is 147 Å². The molecule has 0 spiro atoms. The molecule has 0 aliphatic rings. The molecule has 3 aromatic carbocycles. The van der Waals surface area contributed by atoms with Crippen molar-refractivity contribution in [2.45, 2.75) is 6.54 Å². The molecule has 4 heteroatoms. The van der Waals surface area contributed by atoms with Gasteiger partial charge in [0.05, 0.1) is 6.54 Å². The molecule has 25 heavy (non-hydrogen) atoms. The summed E-state index contributed by atoms with van der Waals surface area (Å²) in [5.41, 5.74) is 1.61. The van der Waals surface area contributed by atoms with Gasteiger partial charge >= 0.3 is 0 Å². The van der Waals surface area contributed by atoms with Crippen LogP contribution in [0.5, 0.6) is 0 Å². The molecule has 0 heterocycles. The van der Waals surface area contributed by atoms with Crippen LogP contribution in [0.4, 0.5) is 0 Å². The topological polar surface area (TPSA) is 49.4 Å². The number of nitrogens with zero attached hydrogens (tertiary/aromatic N) is 1. The Kier molecular flexibility index (Phi) is 5.09. The zero-order valence-corrected chi connectivity index (χ0v) is 14.1. The molecule has 0 unspecified atom stereocenters. The Bertz CT molecular complexity index is 891. The van der Waals surface area contributed by atoms with Gasteiger partial charge in [0, 0.05) is 19.2 Å². The molecule has 0 saturated carbocycles. The van der Waals surface area contributed by atoms with Crippen molar-refractivity contribution < 1.29 is 9.59 Å². The fraction of sp³-hybridized carbons (Fsp3) is 0.143. The van der Waals surface area contributed by atoms with E-state index in [2.05, 4.69) is 5.32 Å². The average molecular weight is 332 g/mol. The van der Waals surface area contributed by atoms with Crippen molar-refractivity contribution >= 4 is 22.6 Å². The SMILES string of the molecule is CN(CC(=O)NCc1ccccc1)C(=O)c1ccc2ccccc2c1. The van der Waals surface area contributed by atoms with E-state index in [1.165, 1.54) is 4.90 Å². The van der Waals surface area contributed by atoms with Crippen LogP contribution in [0.15, 0.2) is 72.8 Å². The second-order valence-electron chi connectivity index (χ2n) is 5.99. The molecule has 4 nitrogen and oxygen atoms in total. The molecule has 0 saturated heterocycles. The number of nitrogens with one attached hydrogen (secondary N) is 1. The maximum absolute atomic E-state index is 12.5. The van der Waals surface area contributed by atoms with Crippen LogP contribution in [-0.4, -0.2) is 30.3 Å². The number of carbonyl (C=O) groups excluding carboxylic acids is 2. The third-order valence-electron chi connectivity index (χ3n) is 4.06. The minimum Gasteiger partial charge on any atom is -0.350 e. The molecular formula is C21H20N2O2. The fourth-order valence-corrected chi connectivity index (χ4v) is 2.68. The number of benzene rings is 3. The van der Waals surface area contributed by atoms with Gasteiger partial charge in [-0.15, -0.1) is 0 Å². The van der Waals surface area contributed by atoms with Crippen LogP contribution in [0, 0.1) is 0 Å². The molecule has 3 aromatic rings. The normalized spacial score (nSPS) is 10.4. The maximum Gasteiger partial charge on any atom is 0.254 e. The molecule has 3 rings (SSSR count). The third-order valence-corrected chi connectivity index (χ3v) is 4.06. The number of rotatable bonds is 5. The summed E-state index contributed by atoms with van der Waals surface area (Å²) in [4.78, 5) is 26.0. The van der Waals surface area contributed by atoms with Gasteiger partial charge in [0.2, 0.25) is 5.91 Å². The standard InChI is InChI=1S/C21H20N2O2/c1-23(15-20(24)22-14-16-7-3-2-4-8-16)21(25)19-12-11-17-9-5-6-10-18(17)13-19/h2-13H,14-15H2,1H3,(H,22,24). The lowest BCUT2D eigenvalue weighted by molar-refractivity contribution is -0.121. The first-order valence-corrected chi connectivity index (χ1v) is 8.18. The van der Waals surface area contributed by atoms with Crippen molar-refractivity contribution in [3.63, 3.8) is 0 Å². The van der Waals surface area contributed by atoms with Crippen LogP contribution in [0.3, 0.4) is 0 Å². The van der Waals surface area contributed by atoms with Gasteiger partial charge in [0.25, 0.3) is 5.91 Å². The summed E-state index contributed by atoms with van der Waals surface area (Å²) in [5.74, 6) is -0.346. The summed E-state index contributed by atoms with van der Waals surface area (Å²) in [5, 5.41) is 4.93. The van der Waals surface area contributed by atoms with Gasteiger partial charge in [-0.05, 0) is 28.5 Å². The van der Waals surface area contributed by atoms with E-state index < -0.39 is 0 Å². The Morgan fingerprint density at radius 3 is 2.32 bits per heavy atom. The van der Waals surface area contributed by atoms with Crippen molar-refractivity contribution in [1.82, 2.24) is 10.2 Å². The Balaban J connectivity index is 1.60.